The van der Waals surface area contributed by atoms with Gasteiger partial charge in [-0.2, -0.15) is 0 Å². The summed E-state index contributed by atoms with van der Waals surface area (Å²) in [7, 11) is 3.40. The van der Waals surface area contributed by atoms with Crippen LogP contribution in [0.2, 0.25) is 0 Å². The highest BCUT2D eigenvalue weighted by atomic mass is 32.2. The standard InChI is InChI=1S/C31H26O2S/c1-32-27-17-13-23(14-18-27)29-21-31(25-9-5-3-6-10-25,26-11-7-4-8-12-26)22-30(34-29)24-15-19-28(33-2)20-16-24/h3-22H,1-2H3. The van der Waals surface area contributed by atoms with Gasteiger partial charge in [-0.3, -0.25) is 0 Å². The molecule has 3 heteroatoms. The molecule has 0 N–H and O–H groups in total. The number of ether oxygens (including phenoxy) is 2. The van der Waals surface area contributed by atoms with Crippen LogP contribution in [-0.4, -0.2) is 14.2 Å². The quantitative estimate of drug-likeness (QED) is 0.291. The molecule has 0 saturated carbocycles. The molecular formula is C31H26O2S. The van der Waals surface area contributed by atoms with Crippen molar-refractivity contribution in [2.24, 2.45) is 0 Å². The fraction of sp³-hybridized carbons (Fsp3) is 0.0968. The zero-order valence-corrected chi connectivity index (χ0v) is 20.1. The van der Waals surface area contributed by atoms with E-state index < -0.39 is 5.41 Å². The molecular weight excluding hydrogens is 436 g/mol. The van der Waals surface area contributed by atoms with Gasteiger partial charge in [0.05, 0.1) is 19.6 Å². The Labute approximate surface area is 205 Å². The molecule has 0 atom stereocenters. The van der Waals surface area contributed by atoms with Crippen LogP contribution in [0.25, 0.3) is 9.81 Å². The molecule has 0 unspecified atom stereocenters. The lowest BCUT2D eigenvalue weighted by Crippen LogP contribution is -2.25. The Hall–Kier alpha value is -3.69. The van der Waals surface area contributed by atoms with E-state index in [0.717, 1.165) is 11.5 Å². The van der Waals surface area contributed by atoms with Crippen LogP contribution in [-0.2, 0) is 5.41 Å². The third kappa shape index (κ3) is 4.27. The maximum absolute atomic E-state index is 5.40. The van der Waals surface area contributed by atoms with Crippen LogP contribution in [0.1, 0.15) is 22.3 Å². The van der Waals surface area contributed by atoms with Crippen molar-refractivity contribution in [1.29, 1.82) is 0 Å². The van der Waals surface area contributed by atoms with Gasteiger partial charge in [0, 0.05) is 9.81 Å². The Morgan fingerprint density at radius 2 is 0.882 bits per heavy atom. The lowest BCUT2D eigenvalue weighted by atomic mass is 9.73. The number of rotatable bonds is 6. The summed E-state index contributed by atoms with van der Waals surface area (Å²) in [6, 6.07) is 38.1. The van der Waals surface area contributed by atoms with Crippen LogP contribution in [0.15, 0.2) is 121 Å². The summed E-state index contributed by atoms with van der Waals surface area (Å²) in [5, 5.41) is 0. The number of hydrogen-bond acceptors (Lipinski definition) is 3. The Balaban J connectivity index is 1.74. The van der Waals surface area contributed by atoms with E-state index in [4.69, 9.17) is 9.47 Å². The highest BCUT2D eigenvalue weighted by molar-refractivity contribution is 8.16. The van der Waals surface area contributed by atoms with Crippen molar-refractivity contribution < 1.29 is 9.47 Å². The van der Waals surface area contributed by atoms with Crippen LogP contribution in [0.5, 0.6) is 11.5 Å². The van der Waals surface area contributed by atoms with Crippen molar-refractivity contribution in [1.82, 2.24) is 0 Å². The van der Waals surface area contributed by atoms with Crippen molar-refractivity contribution in [3.05, 3.63) is 144 Å². The van der Waals surface area contributed by atoms with Crippen molar-refractivity contribution in [3.63, 3.8) is 0 Å². The minimum Gasteiger partial charge on any atom is -0.497 e. The average molecular weight is 463 g/mol. The van der Waals surface area contributed by atoms with Gasteiger partial charge in [0.2, 0.25) is 0 Å². The summed E-state index contributed by atoms with van der Waals surface area (Å²) in [6.07, 6.45) is 4.80. The maximum Gasteiger partial charge on any atom is 0.118 e. The van der Waals surface area contributed by atoms with E-state index in [1.54, 1.807) is 26.0 Å². The lowest BCUT2D eigenvalue weighted by Gasteiger charge is -2.34. The zero-order chi connectivity index (χ0) is 23.4. The molecule has 0 bridgehead atoms. The van der Waals surface area contributed by atoms with Crippen LogP contribution in [0.3, 0.4) is 0 Å². The second kappa shape index (κ2) is 9.66. The number of benzene rings is 4. The van der Waals surface area contributed by atoms with Gasteiger partial charge in [-0.25, -0.2) is 0 Å². The van der Waals surface area contributed by atoms with Crippen LogP contribution in [0, 0.1) is 0 Å². The summed E-state index contributed by atoms with van der Waals surface area (Å²) in [5.41, 5.74) is 4.40. The smallest absolute Gasteiger partial charge is 0.118 e. The normalized spacial score (nSPS) is 14.6. The Morgan fingerprint density at radius 3 is 1.24 bits per heavy atom. The fourth-order valence-corrected chi connectivity index (χ4v) is 5.59. The van der Waals surface area contributed by atoms with E-state index in [2.05, 4.69) is 97.1 Å². The zero-order valence-electron chi connectivity index (χ0n) is 19.3. The molecule has 5 rings (SSSR count). The van der Waals surface area contributed by atoms with Crippen LogP contribution < -0.4 is 9.47 Å². The predicted octanol–water partition coefficient (Wildman–Crippen LogP) is 7.82. The molecule has 0 aliphatic carbocycles. The molecule has 0 fully saturated rings. The van der Waals surface area contributed by atoms with Crippen LogP contribution >= 0.6 is 11.8 Å². The van der Waals surface area contributed by atoms with Gasteiger partial charge >= 0.3 is 0 Å². The fourth-order valence-electron chi connectivity index (χ4n) is 4.36. The largest absolute Gasteiger partial charge is 0.497 e. The van der Waals surface area contributed by atoms with Gasteiger partial charge in [0.25, 0.3) is 0 Å². The SMILES string of the molecule is COc1ccc(C2=CC(c3ccccc3)(c3ccccc3)C=C(c3ccc(OC)cc3)S2)cc1. The molecule has 2 nitrogen and oxygen atoms in total. The first-order valence-corrected chi connectivity index (χ1v) is 12.1. The summed E-state index contributed by atoms with van der Waals surface area (Å²) < 4.78 is 10.8. The first-order chi connectivity index (χ1) is 16.7. The molecule has 34 heavy (non-hydrogen) atoms. The molecule has 0 saturated heterocycles. The van der Waals surface area contributed by atoms with Crippen molar-refractivity contribution in [3.8, 4) is 11.5 Å². The monoisotopic (exact) mass is 462 g/mol. The molecule has 168 valence electrons. The Morgan fingerprint density at radius 1 is 0.500 bits per heavy atom. The summed E-state index contributed by atoms with van der Waals surface area (Å²) >= 11 is 1.80. The van der Waals surface area contributed by atoms with Crippen LogP contribution in [0.4, 0.5) is 0 Å². The molecule has 0 aromatic heterocycles. The first kappa shape index (κ1) is 22.1. The molecule has 1 aliphatic rings. The van der Waals surface area contributed by atoms with E-state index in [9.17, 15) is 0 Å². The molecule has 0 spiro atoms. The van der Waals surface area contributed by atoms with Gasteiger partial charge in [-0.05, 0) is 46.5 Å². The Bertz CT molecular complexity index is 1200. The maximum atomic E-state index is 5.40. The minimum atomic E-state index is -0.404. The Kier molecular flexibility index (Phi) is 6.29. The van der Waals surface area contributed by atoms with E-state index in [1.165, 1.54) is 32.1 Å². The van der Waals surface area contributed by atoms with Gasteiger partial charge in [-0.1, -0.05) is 109 Å². The van der Waals surface area contributed by atoms with Crippen molar-refractivity contribution in [2.75, 3.05) is 14.2 Å². The second-order valence-electron chi connectivity index (χ2n) is 8.18. The number of methoxy groups -OCH3 is 2. The number of allylic oxidation sites excluding steroid dienone is 2. The predicted molar refractivity (Wildman–Crippen MR) is 143 cm³/mol. The van der Waals surface area contributed by atoms with Crippen molar-refractivity contribution in [2.45, 2.75) is 5.41 Å². The van der Waals surface area contributed by atoms with E-state index in [1.807, 2.05) is 24.3 Å². The molecule has 0 radical (unpaired) electrons. The second-order valence-corrected chi connectivity index (χ2v) is 9.26. The third-order valence-electron chi connectivity index (χ3n) is 6.19. The van der Waals surface area contributed by atoms with E-state index in [0.29, 0.717) is 0 Å². The third-order valence-corrected chi connectivity index (χ3v) is 7.34. The summed E-state index contributed by atoms with van der Waals surface area (Å²) in [6.45, 7) is 0. The first-order valence-electron chi connectivity index (χ1n) is 11.3. The van der Waals surface area contributed by atoms with Crippen molar-refractivity contribution >= 4 is 21.6 Å². The minimum absolute atomic E-state index is 0.404. The number of thioether (sulfide) groups is 1. The highest BCUT2D eigenvalue weighted by Crippen LogP contribution is 2.51. The van der Waals surface area contributed by atoms with Gasteiger partial charge in [-0.15, -0.1) is 0 Å². The molecule has 4 aromatic rings. The average Bonchev–Trinajstić information content (AvgIpc) is 2.94. The molecule has 1 heterocycles. The van der Waals surface area contributed by atoms with E-state index >= 15 is 0 Å². The van der Waals surface area contributed by atoms with Gasteiger partial charge in [0.1, 0.15) is 11.5 Å². The van der Waals surface area contributed by atoms with Gasteiger partial charge < -0.3 is 9.47 Å². The lowest BCUT2D eigenvalue weighted by molar-refractivity contribution is 0.414. The van der Waals surface area contributed by atoms with E-state index in [-0.39, 0.29) is 0 Å². The van der Waals surface area contributed by atoms with Gasteiger partial charge in [0.15, 0.2) is 0 Å². The number of hydrogen-bond donors (Lipinski definition) is 0. The topological polar surface area (TPSA) is 18.5 Å². The summed E-state index contributed by atoms with van der Waals surface area (Å²) in [4.78, 5) is 2.42. The summed E-state index contributed by atoms with van der Waals surface area (Å²) in [5.74, 6) is 1.71. The molecule has 1 aliphatic heterocycles. The highest BCUT2D eigenvalue weighted by Gasteiger charge is 2.35. The molecule has 0 amide bonds. The molecule has 4 aromatic carbocycles.